The summed E-state index contributed by atoms with van der Waals surface area (Å²) in [7, 11) is 0. The van der Waals surface area contributed by atoms with E-state index in [-0.39, 0.29) is 28.8 Å². The van der Waals surface area contributed by atoms with Crippen LogP contribution < -0.4 is 0 Å². The van der Waals surface area contributed by atoms with Gasteiger partial charge in [0.25, 0.3) is 0 Å². The van der Waals surface area contributed by atoms with E-state index in [0.717, 1.165) is 44.9 Å². The average Bonchev–Trinajstić information content (AvgIpc) is 3.71. The highest BCUT2D eigenvalue weighted by Gasteiger charge is 2.76. The molecule has 10 rings (SSSR count). The highest BCUT2D eigenvalue weighted by Crippen LogP contribution is 2.72. The predicted octanol–water partition coefficient (Wildman–Crippen LogP) is -0.792. The minimum atomic E-state index is -1.86. The van der Waals surface area contributed by atoms with Gasteiger partial charge in [-0.3, -0.25) is 0 Å². The van der Waals surface area contributed by atoms with E-state index in [4.69, 9.17) is 47.4 Å². The summed E-state index contributed by atoms with van der Waals surface area (Å²) in [6.45, 7) is 13.3. The van der Waals surface area contributed by atoms with Gasteiger partial charge in [-0.1, -0.05) is 39.3 Å². The van der Waals surface area contributed by atoms with E-state index >= 15 is 0 Å². The average molecular weight is 1030 g/mol. The summed E-state index contributed by atoms with van der Waals surface area (Å²) in [4.78, 5) is 0. The normalized spacial score (nSPS) is 58.8. The Kier molecular flexibility index (Phi) is 15.1. The fraction of sp³-hybridized carbons (Fsp3) is 0.961. The van der Waals surface area contributed by atoms with Gasteiger partial charge in [0.05, 0.1) is 43.7 Å². The van der Waals surface area contributed by atoms with Crippen LogP contribution in [0, 0.1) is 40.4 Å². The van der Waals surface area contributed by atoms with Crippen LogP contribution in [0.4, 0.5) is 0 Å². The largest absolute Gasteiger partial charge is 0.394 e. The second kappa shape index (κ2) is 20.0. The number of aliphatic hydroxyl groups excluding tert-OH is 10. The molecule has 6 saturated heterocycles. The number of aliphatic hydroxyl groups is 11. The van der Waals surface area contributed by atoms with Crippen molar-refractivity contribution in [3.8, 4) is 0 Å². The molecule has 0 aromatic rings. The van der Waals surface area contributed by atoms with E-state index in [1.54, 1.807) is 0 Å². The Hall–Kier alpha value is -1.10. The first-order valence-electron chi connectivity index (χ1n) is 26.7. The summed E-state index contributed by atoms with van der Waals surface area (Å²) in [5, 5.41) is 122. The number of allylic oxidation sites excluding steroid dienone is 1. The summed E-state index contributed by atoms with van der Waals surface area (Å²) < 4.78 is 61.9. The molecule has 3 saturated carbocycles. The fourth-order valence-electron chi connectivity index (χ4n) is 15.4. The molecule has 9 fully saturated rings. The molecule has 11 N–H and O–H groups in total. The highest BCUT2D eigenvalue weighted by atomic mass is 16.8. The van der Waals surface area contributed by atoms with Gasteiger partial charge in [-0.25, -0.2) is 0 Å². The van der Waals surface area contributed by atoms with E-state index in [1.165, 1.54) is 26.3 Å². The first-order valence-corrected chi connectivity index (χ1v) is 26.7. The number of hydrogen-bond acceptors (Lipinski definition) is 21. The van der Waals surface area contributed by atoms with Gasteiger partial charge in [0.1, 0.15) is 85.0 Å². The zero-order valence-corrected chi connectivity index (χ0v) is 42.4. The lowest BCUT2D eigenvalue weighted by Crippen LogP contribution is -2.67. The number of fused-ring (bicyclic) bond motifs is 7. The van der Waals surface area contributed by atoms with Crippen LogP contribution >= 0.6 is 0 Å². The Labute approximate surface area is 420 Å². The molecule has 72 heavy (non-hydrogen) atoms. The molecule has 6 heterocycles. The summed E-state index contributed by atoms with van der Waals surface area (Å²) in [5.41, 5.74) is -0.230. The summed E-state index contributed by atoms with van der Waals surface area (Å²) in [6.07, 6.45) is -21.2. The lowest BCUT2D eigenvalue weighted by Gasteiger charge is -2.60. The highest BCUT2D eigenvalue weighted by molar-refractivity contribution is 5.29. The summed E-state index contributed by atoms with van der Waals surface area (Å²) in [6, 6.07) is 0. The first-order chi connectivity index (χ1) is 34.0. The molecule has 0 amide bonds. The monoisotopic (exact) mass is 1030 g/mol. The molecular weight excluding hydrogens is 949 g/mol. The maximum atomic E-state index is 12.9. The quantitative estimate of drug-likeness (QED) is 0.126. The number of rotatable bonds is 9. The van der Waals surface area contributed by atoms with Gasteiger partial charge >= 0.3 is 0 Å². The van der Waals surface area contributed by atoms with Crippen LogP contribution in [0.1, 0.15) is 106 Å². The Morgan fingerprint density at radius 2 is 1.19 bits per heavy atom. The van der Waals surface area contributed by atoms with Crippen LogP contribution in [0.5, 0.6) is 0 Å². The minimum Gasteiger partial charge on any atom is -0.394 e. The Morgan fingerprint density at radius 3 is 1.81 bits per heavy atom. The number of hydrogen-bond donors (Lipinski definition) is 11. The van der Waals surface area contributed by atoms with Gasteiger partial charge in [0, 0.05) is 17.8 Å². The van der Waals surface area contributed by atoms with E-state index in [0.29, 0.717) is 37.2 Å². The van der Waals surface area contributed by atoms with Crippen LogP contribution in [0.15, 0.2) is 11.6 Å². The molecule has 6 aliphatic heterocycles. The third-order valence-corrected chi connectivity index (χ3v) is 20.0. The molecule has 0 aromatic heterocycles. The number of ether oxygens (including phenoxy) is 10. The zero-order valence-electron chi connectivity index (χ0n) is 42.4. The van der Waals surface area contributed by atoms with Crippen molar-refractivity contribution in [2.75, 3.05) is 13.2 Å². The molecule has 0 bridgehead atoms. The SMILES string of the molecule is C[C@@H]1CC[C@@]2(OC1)O[C@H]1C[C@H]3[C@@H]4CC=C5CC(O[C@@H]6O[C@H](CO)[C@@H](O[C@@H]7O[C@@H](C)[C@H](O[C@@H]8O[C@@H](C)[C@H](O)[C@@H](O)[C@H]8O)[C@@H](O)[C@H]7O)[C@H](O)[C@H]6O[C@@H]6O[C@@H](C)[C@H](O)[C@@H](O)[C@H]6O)CC[C@]5(C)[C@H]4CC[C@]3(C)[C@@]1(O)[C@@H]2C. The van der Waals surface area contributed by atoms with Gasteiger partial charge in [-0.15, -0.1) is 0 Å². The van der Waals surface area contributed by atoms with Crippen LogP contribution in [0.2, 0.25) is 0 Å². The lowest BCUT2D eigenvalue weighted by molar-refractivity contribution is -0.394. The second-order valence-corrected chi connectivity index (χ2v) is 23.9. The molecule has 4 aliphatic carbocycles. The van der Waals surface area contributed by atoms with Crippen molar-refractivity contribution in [3.63, 3.8) is 0 Å². The Morgan fingerprint density at radius 1 is 0.597 bits per heavy atom. The van der Waals surface area contributed by atoms with E-state index in [9.17, 15) is 56.2 Å². The van der Waals surface area contributed by atoms with Crippen molar-refractivity contribution in [1.82, 2.24) is 0 Å². The van der Waals surface area contributed by atoms with Gasteiger partial charge in [-0.05, 0) is 101 Å². The van der Waals surface area contributed by atoms with Gasteiger partial charge in [0.2, 0.25) is 0 Å². The maximum Gasteiger partial charge on any atom is 0.187 e. The fourth-order valence-corrected chi connectivity index (χ4v) is 15.4. The molecule has 31 atom stereocenters. The van der Waals surface area contributed by atoms with E-state index in [2.05, 4.69) is 33.8 Å². The summed E-state index contributed by atoms with van der Waals surface area (Å²) in [5.74, 6) is 0.531. The van der Waals surface area contributed by atoms with Crippen molar-refractivity contribution in [2.45, 2.75) is 253 Å². The van der Waals surface area contributed by atoms with Gasteiger partial charge < -0.3 is 104 Å². The molecule has 1 unspecified atom stereocenters. The van der Waals surface area contributed by atoms with Crippen molar-refractivity contribution >= 4 is 0 Å². The van der Waals surface area contributed by atoms with Crippen LogP contribution in [-0.2, 0) is 47.4 Å². The predicted molar refractivity (Wildman–Crippen MR) is 245 cm³/mol. The molecule has 412 valence electrons. The van der Waals surface area contributed by atoms with Crippen molar-refractivity contribution in [1.29, 1.82) is 0 Å². The maximum absolute atomic E-state index is 12.9. The molecule has 0 radical (unpaired) electrons. The zero-order chi connectivity index (χ0) is 51.7. The smallest absolute Gasteiger partial charge is 0.187 e. The second-order valence-electron chi connectivity index (χ2n) is 23.9. The third-order valence-electron chi connectivity index (χ3n) is 20.0. The van der Waals surface area contributed by atoms with Crippen LogP contribution in [-0.4, -0.2) is 216 Å². The molecule has 1 spiro atoms. The third kappa shape index (κ3) is 8.63. The van der Waals surface area contributed by atoms with Gasteiger partial charge in [0.15, 0.2) is 30.9 Å². The van der Waals surface area contributed by atoms with Crippen molar-refractivity contribution < 1.29 is 104 Å². The molecule has 21 nitrogen and oxygen atoms in total. The van der Waals surface area contributed by atoms with E-state index in [1.807, 2.05) is 0 Å². The van der Waals surface area contributed by atoms with Crippen LogP contribution in [0.3, 0.4) is 0 Å². The molecule has 10 aliphatic rings. The van der Waals surface area contributed by atoms with Gasteiger partial charge in [-0.2, -0.15) is 0 Å². The lowest BCUT2D eigenvalue weighted by atomic mass is 9.46. The van der Waals surface area contributed by atoms with Crippen molar-refractivity contribution in [3.05, 3.63) is 11.6 Å². The molecule has 0 aromatic carbocycles. The molecule has 21 heteroatoms. The summed E-state index contributed by atoms with van der Waals surface area (Å²) >= 11 is 0. The van der Waals surface area contributed by atoms with E-state index < -0.39 is 147 Å². The Bertz CT molecular complexity index is 1940. The first kappa shape index (κ1) is 54.3. The van der Waals surface area contributed by atoms with Crippen LogP contribution in [0.25, 0.3) is 0 Å². The Balaban J connectivity index is 0.842. The topological polar surface area (TPSA) is 315 Å². The standard InChI is InChI=1S/C51H82O21/c1-20-10-15-50(63-19-20)24(5)51(62)31(72-50)17-29-27-9-8-25-16-26(11-13-48(25,6)28(27)12-14-49(29,51)7)67-47-43(71-45-38(59)35(56)33(54)22(3)65-45)40(61)42(30(18-52)68-47)70-46-39(60)36(57)41(23(4)66-46)69-44-37(58)34(55)32(53)21(2)64-44/h8,20-24,26-47,52-62H,9-19H2,1-7H3/t20-,21+,22+,23+,24-,26?,27-,28+,29+,30-,31+,32+,33+,34-,35-,36+,37-,38-,39-,40+,41+,42-,43-,44+,45+,46+,47-,48+,49+,50-,51-/m1/s1. The van der Waals surface area contributed by atoms with Crippen molar-refractivity contribution in [2.24, 2.45) is 40.4 Å². The minimum absolute atomic E-state index is 0.151. The molecular formula is C51H82O21.